The van der Waals surface area contributed by atoms with Crippen LogP contribution in [0.4, 0.5) is 0 Å². The Morgan fingerprint density at radius 2 is 2.12 bits per heavy atom. The van der Waals surface area contributed by atoms with Crippen molar-refractivity contribution in [2.45, 2.75) is 31.3 Å². The number of likely N-dealkylation sites (N-methyl/N-ethyl adjacent to an activating group) is 1. The largest absolute Gasteiger partial charge is 0.315 e. The first-order valence-corrected chi connectivity index (χ1v) is 6.42. The van der Waals surface area contributed by atoms with E-state index in [1.807, 2.05) is 0 Å². The van der Waals surface area contributed by atoms with E-state index >= 15 is 0 Å². The molecule has 3 rings (SSSR count). The summed E-state index contributed by atoms with van der Waals surface area (Å²) < 4.78 is 0. The van der Waals surface area contributed by atoms with E-state index in [2.05, 4.69) is 28.1 Å². The maximum atomic E-state index is 5.31. The summed E-state index contributed by atoms with van der Waals surface area (Å²) in [7, 11) is 2.08. The van der Waals surface area contributed by atoms with E-state index in [9.17, 15) is 0 Å². The first-order valence-electron chi connectivity index (χ1n) is 6.42. The summed E-state index contributed by atoms with van der Waals surface area (Å²) >= 11 is 0. The van der Waals surface area contributed by atoms with E-state index in [0.717, 1.165) is 12.8 Å². The lowest BCUT2D eigenvalue weighted by atomic mass is 9.96. The maximum absolute atomic E-state index is 5.31. The summed E-state index contributed by atoms with van der Waals surface area (Å²) in [5.41, 5.74) is 0. The molecule has 3 saturated heterocycles. The Morgan fingerprint density at radius 1 is 1.38 bits per heavy atom. The van der Waals surface area contributed by atoms with Crippen molar-refractivity contribution in [3.8, 4) is 12.3 Å². The highest BCUT2D eigenvalue weighted by atomic mass is 15.4. The molecule has 2 bridgehead atoms. The molecular formula is C13H23N3. The molecule has 0 aromatic heterocycles. The average molecular weight is 221 g/mol. The second-order valence-electron chi connectivity index (χ2n) is 4.90. The van der Waals surface area contributed by atoms with E-state index in [-0.39, 0.29) is 0 Å². The molecule has 0 amide bonds. The smallest absolute Gasteiger partial charge is 0.0377 e. The summed E-state index contributed by atoms with van der Waals surface area (Å²) in [5.74, 6) is 2.73. The van der Waals surface area contributed by atoms with Gasteiger partial charge < -0.3 is 5.32 Å². The van der Waals surface area contributed by atoms with Crippen molar-refractivity contribution in [1.82, 2.24) is 15.1 Å². The van der Waals surface area contributed by atoms with Gasteiger partial charge in [0.05, 0.1) is 0 Å². The van der Waals surface area contributed by atoms with Crippen LogP contribution in [-0.4, -0.2) is 61.7 Å². The molecule has 0 saturated carbocycles. The van der Waals surface area contributed by atoms with E-state index in [0.29, 0.717) is 12.1 Å². The molecule has 0 radical (unpaired) electrons. The first kappa shape index (κ1) is 11.9. The predicted octanol–water partition coefficient (Wildman–Crippen LogP) is 0.378. The van der Waals surface area contributed by atoms with Gasteiger partial charge in [-0.25, -0.2) is 0 Å². The zero-order valence-corrected chi connectivity index (χ0v) is 10.3. The summed E-state index contributed by atoms with van der Waals surface area (Å²) in [6, 6.07) is 1.31. The zero-order valence-electron chi connectivity index (χ0n) is 10.3. The Morgan fingerprint density at radius 3 is 2.62 bits per heavy atom. The van der Waals surface area contributed by atoms with Crippen molar-refractivity contribution in [2.24, 2.45) is 0 Å². The second kappa shape index (κ2) is 5.67. The lowest BCUT2D eigenvalue weighted by molar-refractivity contribution is -0.00353. The van der Waals surface area contributed by atoms with Crippen LogP contribution >= 0.6 is 0 Å². The van der Waals surface area contributed by atoms with Crippen molar-refractivity contribution < 1.29 is 0 Å². The molecule has 2 unspecified atom stereocenters. The summed E-state index contributed by atoms with van der Waals surface area (Å²) in [4.78, 5) is 5.24. The third-order valence-corrected chi connectivity index (χ3v) is 3.99. The molecule has 3 nitrogen and oxygen atoms in total. The number of unbranched alkanes of at least 4 members (excludes halogenated alkanes) is 1. The van der Waals surface area contributed by atoms with Crippen LogP contribution in [0.1, 0.15) is 19.3 Å². The summed E-state index contributed by atoms with van der Waals surface area (Å²) in [6.07, 6.45) is 8.57. The van der Waals surface area contributed by atoms with Crippen LogP contribution in [-0.2, 0) is 0 Å². The zero-order chi connectivity index (χ0) is 11.4. The van der Waals surface area contributed by atoms with Gasteiger partial charge in [0, 0.05) is 51.2 Å². The van der Waals surface area contributed by atoms with Gasteiger partial charge in [0.1, 0.15) is 0 Å². The predicted molar refractivity (Wildman–Crippen MR) is 67.3 cm³/mol. The van der Waals surface area contributed by atoms with Gasteiger partial charge in [-0.3, -0.25) is 9.80 Å². The van der Waals surface area contributed by atoms with Crippen molar-refractivity contribution in [3.63, 3.8) is 0 Å². The third-order valence-electron chi connectivity index (χ3n) is 3.99. The molecule has 3 heteroatoms. The lowest BCUT2D eigenvalue weighted by Crippen LogP contribution is -2.66. The highest BCUT2D eigenvalue weighted by molar-refractivity contribution is 4.95. The Labute approximate surface area is 99.2 Å². The van der Waals surface area contributed by atoms with Crippen LogP contribution in [0, 0.1) is 12.3 Å². The number of terminal acetylenes is 1. The van der Waals surface area contributed by atoms with Crippen molar-refractivity contribution in [2.75, 3.05) is 39.8 Å². The minimum absolute atomic E-state index is 0.608. The Kier molecular flexibility index (Phi) is 4.22. The van der Waals surface area contributed by atoms with Crippen molar-refractivity contribution >= 4 is 0 Å². The molecule has 3 aliphatic heterocycles. The van der Waals surface area contributed by atoms with Crippen LogP contribution < -0.4 is 5.32 Å². The van der Waals surface area contributed by atoms with E-state index in [1.54, 1.807) is 0 Å². The molecular weight excluding hydrogens is 198 g/mol. The molecule has 90 valence electrons. The highest BCUT2D eigenvalue weighted by Crippen LogP contribution is 2.20. The fraction of sp³-hybridized carbons (Fsp3) is 0.846. The number of piperazine rings is 3. The van der Waals surface area contributed by atoms with Gasteiger partial charge >= 0.3 is 0 Å². The molecule has 0 aliphatic carbocycles. The van der Waals surface area contributed by atoms with Crippen LogP contribution in [0.2, 0.25) is 0 Å². The van der Waals surface area contributed by atoms with Crippen molar-refractivity contribution in [3.05, 3.63) is 0 Å². The normalized spacial score (nSPS) is 34.6. The number of hydrogen-bond donors (Lipinski definition) is 1. The fourth-order valence-corrected chi connectivity index (χ4v) is 2.99. The minimum atomic E-state index is 0.608. The number of nitrogens with one attached hydrogen (secondary N) is 1. The van der Waals surface area contributed by atoms with Gasteiger partial charge in [-0.1, -0.05) is 0 Å². The van der Waals surface area contributed by atoms with E-state index in [1.165, 1.54) is 39.1 Å². The molecule has 0 aromatic rings. The van der Waals surface area contributed by atoms with Gasteiger partial charge in [0.15, 0.2) is 0 Å². The molecule has 3 heterocycles. The summed E-state index contributed by atoms with van der Waals surface area (Å²) in [6.45, 7) is 6.26. The van der Waals surface area contributed by atoms with E-state index in [4.69, 9.17) is 6.42 Å². The SMILES string of the molecule is C#CCCCC(NC)C1CN2CCN1CC2. The van der Waals surface area contributed by atoms with Crippen molar-refractivity contribution in [1.29, 1.82) is 0 Å². The third kappa shape index (κ3) is 2.57. The molecule has 3 aliphatic rings. The van der Waals surface area contributed by atoms with Gasteiger partial charge in [-0.05, 0) is 19.9 Å². The van der Waals surface area contributed by atoms with Crippen LogP contribution in [0.15, 0.2) is 0 Å². The highest BCUT2D eigenvalue weighted by Gasteiger charge is 2.35. The van der Waals surface area contributed by atoms with Crippen LogP contribution in [0.25, 0.3) is 0 Å². The number of fused-ring (bicyclic) bond motifs is 3. The topological polar surface area (TPSA) is 18.5 Å². The van der Waals surface area contributed by atoms with Gasteiger partial charge in [0.25, 0.3) is 0 Å². The average Bonchev–Trinajstić information content (AvgIpc) is 2.36. The van der Waals surface area contributed by atoms with Crippen LogP contribution in [0.3, 0.4) is 0 Å². The number of rotatable bonds is 5. The molecule has 16 heavy (non-hydrogen) atoms. The van der Waals surface area contributed by atoms with Gasteiger partial charge in [-0.15, -0.1) is 12.3 Å². The fourth-order valence-electron chi connectivity index (χ4n) is 2.99. The quantitative estimate of drug-likeness (QED) is 0.535. The Bertz CT molecular complexity index is 250. The van der Waals surface area contributed by atoms with Crippen LogP contribution in [0.5, 0.6) is 0 Å². The molecule has 2 atom stereocenters. The number of hydrogen-bond acceptors (Lipinski definition) is 3. The minimum Gasteiger partial charge on any atom is -0.315 e. The van der Waals surface area contributed by atoms with E-state index < -0.39 is 0 Å². The second-order valence-corrected chi connectivity index (χ2v) is 4.90. The van der Waals surface area contributed by atoms with Gasteiger partial charge in [0.2, 0.25) is 0 Å². The monoisotopic (exact) mass is 221 g/mol. The Hall–Kier alpha value is -0.560. The lowest BCUT2D eigenvalue weighted by Gasteiger charge is -2.50. The number of nitrogens with zero attached hydrogens (tertiary/aromatic N) is 2. The molecule has 0 spiro atoms. The molecule has 0 aromatic carbocycles. The molecule has 1 N–H and O–H groups in total. The standard InChI is InChI=1S/C13H23N3/c1-3-4-5-6-12(14-2)13-11-15-7-9-16(13)10-8-15/h1,12-14H,4-11H2,2H3. The summed E-state index contributed by atoms with van der Waals surface area (Å²) in [5, 5.41) is 3.48. The Balaban J connectivity index is 1.86. The maximum Gasteiger partial charge on any atom is 0.0377 e. The molecule has 3 fully saturated rings. The first-order chi connectivity index (χ1) is 7.85. The van der Waals surface area contributed by atoms with Gasteiger partial charge in [-0.2, -0.15) is 0 Å².